The number of carbonyl (C=O) groups is 1. The number of hydrogen-bond donors (Lipinski definition) is 3. The van der Waals surface area contributed by atoms with Crippen LogP contribution in [-0.2, 0) is 14.6 Å². The van der Waals surface area contributed by atoms with Crippen molar-refractivity contribution < 1.29 is 32.5 Å². The molecule has 0 bridgehead atoms. The van der Waals surface area contributed by atoms with Gasteiger partial charge in [0.1, 0.15) is 4.90 Å². The van der Waals surface area contributed by atoms with Gasteiger partial charge >= 0.3 is 5.97 Å². The van der Waals surface area contributed by atoms with Gasteiger partial charge < -0.3 is 30.0 Å². The third kappa shape index (κ3) is 4.30. The molecule has 1 atom stereocenters. The summed E-state index contributed by atoms with van der Waals surface area (Å²) in [5, 5.41) is 16.4. The van der Waals surface area contributed by atoms with Crippen LogP contribution in [0.15, 0.2) is 71.8 Å². The maximum Gasteiger partial charge on any atom is 0.337 e. The van der Waals surface area contributed by atoms with Crippen molar-refractivity contribution in [2.24, 2.45) is 0 Å². The first-order chi connectivity index (χ1) is 18.4. The number of benzene rings is 3. The standard InChI is InChI=1S/C27H23N3O7S/c31-27(32)18-3-1-2-4-21(18)30-26-19-11-16(17-6-8-22-23(12-17)37-15-36-22)5-7-20(19)29-13-24(26)38(33,34)25-14-28-9-10-35-25/h1-8,11-13,25,28H,9-10,14-15H2,(H,29,30)(H,31,32). The van der Waals surface area contributed by atoms with Gasteiger partial charge in [-0.15, -0.1) is 0 Å². The topological polar surface area (TPSA) is 136 Å². The predicted molar refractivity (Wildman–Crippen MR) is 140 cm³/mol. The smallest absolute Gasteiger partial charge is 0.337 e. The summed E-state index contributed by atoms with van der Waals surface area (Å²) in [5.74, 6) is 0.128. The van der Waals surface area contributed by atoms with Crippen LogP contribution in [0.4, 0.5) is 11.4 Å². The number of hydrogen-bond acceptors (Lipinski definition) is 9. The Labute approximate surface area is 218 Å². The summed E-state index contributed by atoms with van der Waals surface area (Å²) < 4.78 is 44.0. The fourth-order valence-electron chi connectivity index (χ4n) is 4.57. The van der Waals surface area contributed by atoms with Gasteiger partial charge in [0.25, 0.3) is 0 Å². The zero-order valence-corrected chi connectivity index (χ0v) is 20.8. The Bertz CT molecular complexity index is 1670. The fourth-order valence-corrected chi connectivity index (χ4v) is 6.11. The van der Waals surface area contributed by atoms with E-state index in [1.54, 1.807) is 24.3 Å². The number of carboxylic acids is 1. The van der Waals surface area contributed by atoms with E-state index < -0.39 is 21.2 Å². The van der Waals surface area contributed by atoms with E-state index >= 15 is 0 Å². The molecule has 2 aliphatic rings. The maximum atomic E-state index is 13.8. The first kappa shape index (κ1) is 24.2. The van der Waals surface area contributed by atoms with E-state index in [1.165, 1.54) is 12.3 Å². The van der Waals surface area contributed by atoms with Crippen molar-refractivity contribution in [1.29, 1.82) is 0 Å². The number of rotatable bonds is 6. The van der Waals surface area contributed by atoms with Crippen molar-refractivity contribution >= 4 is 38.1 Å². The lowest BCUT2D eigenvalue weighted by Crippen LogP contribution is -2.43. The lowest BCUT2D eigenvalue weighted by molar-refractivity contribution is 0.0698. The average molecular weight is 534 g/mol. The highest BCUT2D eigenvalue weighted by molar-refractivity contribution is 7.92. The minimum absolute atomic E-state index is 0.00307. The number of aromatic carboxylic acids is 1. The second-order valence-corrected chi connectivity index (χ2v) is 10.9. The SMILES string of the molecule is O=C(O)c1ccccc1Nc1c(S(=O)(=O)C2CNCCO2)cnc2ccc(-c3ccc4c(c3)OCO4)cc12. The van der Waals surface area contributed by atoms with Crippen molar-refractivity contribution in [3.05, 3.63) is 72.4 Å². The molecule has 10 nitrogen and oxygen atoms in total. The fraction of sp³-hybridized carbons (Fsp3) is 0.185. The van der Waals surface area contributed by atoms with Crippen LogP contribution < -0.4 is 20.1 Å². The molecule has 0 aliphatic carbocycles. The molecule has 3 N–H and O–H groups in total. The molecular weight excluding hydrogens is 510 g/mol. The van der Waals surface area contributed by atoms with Crippen LogP contribution in [0.2, 0.25) is 0 Å². The van der Waals surface area contributed by atoms with Gasteiger partial charge in [-0.25, -0.2) is 13.2 Å². The second-order valence-electron chi connectivity index (χ2n) is 8.82. The molecule has 1 saturated heterocycles. The summed E-state index contributed by atoms with van der Waals surface area (Å²) in [6, 6.07) is 17.4. The first-order valence-electron chi connectivity index (χ1n) is 11.9. The van der Waals surface area contributed by atoms with Crippen LogP contribution in [0.3, 0.4) is 0 Å². The monoisotopic (exact) mass is 533 g/mol. The molecule has 2 aliphatic heterocycles. The first-order valence-corrected chi connectivity index (χ1v) is 13.4. The Morgan fingerprint density at radius 3 is 2.63 bits per heavy atom. The van der Waals surface area contributed by atoms with E-state index in [0.717, 1.165) is 11.1 Å². The summed E-state index contributed by atoms with van der Waals surface area (Å²) in [7, 11) is -4.02. The van der Waals surface area contributed by atoms with Gasteiger partial charge in [0.05, 0.1) is 29.1 Å². The van der Waals surface area contributed by atoms with Crippen LogP contribution in [0.1, 0.15) is 10.4 Å². The van der Waals surface area contributed by atoms with Gasteiger partial charge in [0.2, 0.25) is 16.6 Å². The van der Waals surface area contributed by atoms with Crippen LogP contribution in [0.25, 0.3) is 22.0 Å². The van der Waals surface area contributed by atoms with Gasteiger partial charge in [0, 0.05) is 24.7 Å². The molecule has 0 saturated carbocycles. The molecule has 3 heterocycles. The third-order valence-corrected chi connectivity index (χ3v) is 8.42. The number of anilines is 2. The number of ether oxygens (including phenoxy) is 3. The lowest BCUT2D eigenvalue weighted by Gasteiger charge is -2.25. The lowest BCUT2D eigenvalue weighted by atomic mass is 10.0. The summed E-state index contributed by atoms with van der Waals surface area (Å²) in [4.78, 5) is 16.3. The quantitative estimate of drug-likeness (QED) is 0.336. The Morgan fingerprint density at radius 1 is 1.03 bits per heavy atom. The zero-order chi connectivity index (χ0) is 26.3. The van der Waals surface area contributed by atoms with E-state index in [4.69, 9.17) is 14.2 Å². The number of sulfone groups is 1. The number of nitrogens with zero attached hydrogens (tertiary/aromatic N) is 1. The number of morpholine rings is 1. The number of nitrogens with one attached hydrogen (secondary N) is 2. The average Bonchev–Trinajstić information content (AvgIpc) is 3.41. The van der Waals surface area contributed by atoms with Crippen LogP contribution in [-0.4, -0.2) is 56.4 Å². The number of aromatic nitrogens is 1. The van der Waals surface area contributed by atoms with Crippen molar-refractivity contribution in [3.8, 4) is 22.6 Å². The van der Waals surface area contributed by atoms with Gasteiger partial charge in [-0.1, -0.05) is 24.3 Å². The van der Waals surface area contributed by atoms with Crippen LogP contribution >= 0.6 is 0 Å². The van der Waals surface area contributed by atoms with E-state index in [9.17, 15) is 18.3 Å². The minimum atomic E-state index is -4.02. The van der Waals surface area contributed by atoms with Gasteiger partial charge in [0.15, 0.2) is 16.9 Å². The third-order valence-electron chi connectivity index (χ3n) is 6.50. The van der Waals surface area contributed by atoms with Crippen LogP contribution in [0, 0.1) is 0 Å². The molecule has 3 aromatic carbocycles. The Kier molecular flexibility index (Phi) is 6.10. The van der Waals surface area contributed by atoms with Crippen LogP contribution in [0.5, 0.6) is 11.5 Å². The molecule has 0 radical (unpaired) electrons. The molecule has 6 rings (SSSR count). The highest BCUT2D eigenvalue weighted by atomic mass is 32.2. The van der Waals surface area contributed by atoms with E-state index in [-0.39, 0.29) is 41.8 Å². The molecule has 1 aromatic heterocycles. The summed E-state index contributed by atoms with van der Waals surface area (Å²) in [6.45, 7) is 1.08. The molecule has 0 amide bonds. The van der Waals surface area contributed by atoms with Gasteiger partial charge in [-0.05, 0) is 47.5 Å². The highest BCUT2D eigenvalue weighted by Crippen LogP contribution is 2.39. The predicted octanol–water partition coefficient (Wildman–Crippen LogP) is 3.79. The molecule has 38 heavy (non-hydrogen) atoms. The van der Waals surface area contributed by atoms with Crippen molar-refractivity contribution in [2.75, 3.05) is 31.8 Å². The zero-order valence-electron chi connectivity index (χ0n) is 20.0. The van der Waals surface area contributed by atoms with Crippen molar-refractivity contribution in [1.82, 2.24) is 10.3 Å². The summed E-state index contributed by atoms with van der Waals surface area (Å²) >= 11 is 0. The summed E-state index contributed by atoms with van der Waals surface area (Å²) in [5.41, 5.74) is 1.52. The molecule has 4 aromatic rings. The number of fused-ring (bicyclic) bond motifs is 2. The van der Waals surface area contributed by atoms with E-state index in [2.05, 4.69) is 15.6 Å². The normalized spacial score (nSPS) is 16.9. The number of carboxylic acid groups (broad SMARTS) is 1. The Morgan fingerprint density at radius 2 is 1.82 bits per heavy atom. The highest BCUT2D eigenvalue weighted by Gasteiger charge is 2.33. The molecule has 194 valence electrons. The second kappa shape index (κ2) is 9.60. The van der Waals surface area contributed by atoms with E-state index in [0.29, 0.717) is 28.9 Å². The molecule has 1 unspecified atom stereocenters. The van der Waals surface area contributed by atoms with Crippen molar-refractivity contribution in [3.63, 3.8) is 0 Å². The molecule has 0 spiro atoms. The molecule has 1 fully saturated rings. The molecular formula is C27H23N3O7S. The number of pyridine rings is 1. The Balaban J connectivity index is 1.55. The largest absolute Gasteiger partial charge is 0.478 e. The molecule has 11 heteroatoms. The Hall–Kier alpha value is -4.19. The maximum absolute atomic E-state index is 13.8. The summed E-state index contributed by atoms with van der Waals surface area (Å²) in [6.07, 6.45) is 1.29. The van der Waals surface area contributed by atoms with E-state index in [1.807, 2.05) is 30.3 Å². The minimum Gasteiger partial charge on any atom is -0.478 e. The number of para-hydroxylation sites is 1. The van der Waals surface area contributed by atoms with Gasteiger partial charge in [-0.3, -0.25) is 4.98 Å². The van der Waals surface area contributed by atoms with Gasteiger partial charge in [-0.2, -0.15) is 0 Å². The van der Waals surface area contributed by atoms with Crippen molar-refractivity contribution in [2.45, 2.75) is 10.3 Å².